The number of hydrogen-bond acceptors (Lipinski definition) is 5. The number of carbonyl (C=O) groups is 1. The lowest BCUT2D eigenvalue weighted by Crippen LogP contribution is -2.25. The van der Waals surface area contributed by atoms with E-state index in [1.165, 1.54) is 12.4 Å². The number of hydrazine groups is 1. The Hall–Kier alpha value is -1.69. The molecule has 0 unspecified atom stereocenters. The number of nitrogens with two attached hydrogens (primary N) is 1. The number of hydrogen-bond donors (Lipinski definition) is 3. The van der Waals surface area contributed by atoms with E-state index in [4.69, 9.17) is 5.84 Å². The lowest BCUT2D eigenvalue weighted by atomic mass is 10.4. The summed E-state index contributed by atoms with van der Waals surface area (Å²) >= 11 is 0. The number of nitrogens with zero attached hydrogens (tertiary/aromatic N) is 2. The van der Waals surface area contributed by atoms with Gasteiger partial charge in [0.05, 0.1) is 12.4 Å². The highest BCUT2D eigenvalue weighted by atomic mass is 16.1. The third-order valence-electron chi connectivity index (χ3n) is 1.57. The summed E-state index contributed by atoms with van der Waals surface area (Å²) in [5.41, 5.74) is 2.62. The molecule has 0 aromatic carbocycles. The minimum Gasteiger partial charge on any atom is -0.351 e. The average molecular weight is 195 g/mol. The minimum atomic E-state index is -0.220. The molecular formula is C8H13N5O. The molecule has 0 radical (unpaired) electrons. The summed E-state index contributed by atoms with van der Waals surface area (Å²) in [6.07, 6.45) is 3.67. The number of amides is 1. The molecule has 0 saturated carbocycles. The highest BCUT2D eigenvalue weighted by molar-refractivity contribution is 5.91. The van der Waals surface area contributed by atoms with Crippen LogP contribution in [0.15, 0.2) is 12.4 Å². The second-order valence-corrected chi connectivity index (χ2v) is 2.69. The van der Waals surface area contributed by atoms with Crippen molar-refractivity contribution in [3.05, 3.63) is 18.1 Å². The minimum absolute atomic E-state index is 0.220. The Labute approximate surface area is 81.9 Å². The average Bonchev–Trinajstić information content (AvgIpc) is 2.26. The van der Waals surface area contributed by atoms with Crippen LogP contribution >= 0.6 is 0 Å². The first-order valence-electron chi connectivity index (χ1n) is 4.34. The molecule has 1 rings (SSSR count). The van der Waals surface area contributed by atoms with Crippen LogP contribution in [0.2, 0.25) is 0 Å². The van der Waals surface area contributed by atoms with Crippen LogP contribution in [0, 0.1) is 0 Å². The standard InChI is InChI=1S/C8H13N5O/c1-2-3-10-8(14)6-4-12-7(13-9)5-11-6/h4-5H,2-3,9H2,1H3,(H,10,14)(H,12,13). The molecule has 1 heterocycles. The van der Waals surface area contributed by atoms with Gasteiger partial charge in [-0.15, -0.1) is 0 Å². The van der Waals surface area contributed by atoms with Gasteiger partial charge in [-0.3, -0.25) is 4.79 Å². The van der Waals surface area contributed by atoms with Crippen LogP contribution in [-0.2, 0) is 0 Å². The second kappa shape index (κ2) is 5.13. The third-order valence-corrected chi connectivity index (χ3v) is 1.57. The fourth-order valence-electron chi connectivity index (χ4n) is 0.849. The number of nitrogen functional groups attached to an aromatic ring is 1. The van der Waals surface area contributed by atoms with E-state index >= 15 is 0 Å². The molecule has 0 atom stereocenters. The van der Waals surface area contributed by atoms with Gasteiger partial charge >= 0.3 is 0 Å². The Kier molecular flexibility index (Phi) is 3.81. The molecule has 14 heavy (non-hydrogen) atoms. The zero-order valence-electron chi connectivity index (χ0n) is 7.95. The third kappa shape index (κ3) is 2.67. The Balaban J connectivity index is 2.62. The maximum absolute atomic E-state index is 11.3. The first-order chi connectivity index (χ1) is 6.77. The van der Waals surface area contributed by atoms with Crippen molar-refractivity contribution in [2.45, 2.75) is 13.3 Å². The maximum atomic E-state index is 11.3. The van der Waals surface area contributed by atoms with Crippen molar-refractivity contribution < 1.29 is 4.79 Å². The van der Waals surface area contributed by atoms with Gasteiger partial charge in [-0.1, -0.05) is 6.92 Å². The maximum Gasteiger partial charge on any atom is 0.271 e. The Morgan fingerprint density at radius 2 is 2.29 bits per heavy atom. The molecule has 4 N–H and O–H groups in total. The van der Waals surface area contributed by atoms with Crippen molar-refractivity contribution in [1.29, 1.82) is 0 Å². The molecule has 0 aliphatic carbocycles. The van der Waals surface area contributed by atoms with Gasteiger partial charge < -0.3 is 10.7 Å². The number of rotatable bonds is 4. The van der Waals surface area contributed by atoms with Crippen molar-refractivity contribution in [2.75, 3.05) is 12.0 Å². The van der Waals surface area contributed by atoms with Crippen LogP contribution in [0.4, 0.5) is 5.82 Å². The summed E-state index contributed by atoms with van der Waals surface area (Å²) in [5, 5.41) is 2.69. The monoisotopic (exact) mass is 195 g/mol. The topological polar surface area (TPSA) is 92.9 Å². The number of carbonyl (C=O) groups excluding carboxylic acids is 1. The van der Waals surface area contributed by atoms with Crippen molar-refractivity contribution in [2.24, 2.45) is 5.84 Å². The molecule has 1 aromatic heterocycles. The molecule has 0 spiro atoms. The quantitative estimate of drug-likeness (QED) is 0.461. The van der Waals surface area contributed by atoms with E-state index < -0.39 is 0 Å². The zero-order valence-corrected chi connectivity index (χ0v) is 7.95. The van der Waals surface area contributed by atoms with Gasteiger partial charge in [-0.2, -0.15) is 0 Å². The van der Waals surface area contributed by atoms with Gasteiger partial charge in [-0.05, 0) is 6.42 Å². The van der Waals surface area contributed by atoms with Crippen LogP contribution in [-0.4, -0.2) is 22.4 Å². The van der Waals surface area contributed by atoms with E-state index in [1.807, 2.05) is 6.92 Å². The van der Waals surface area contributed by atoms with E-state index in [2.05, 4.69) is 20.7 Å². The largest absolute Gasteiger partial charge is 0.351 e. The highest BCUT2D eigenvalue weighted by Crippen LogP contribution is 1.98. The molecule has 76 valence electrons. The number of aromatic nitrogens is 2. The van der Waals surface area contributed by atoms with E-state index in [-0.39, 0.29) is 11.6 Å². The van der Waals surface area contributed by atoms with Crippen molar-refractivity contribution >= 4 is 11.7 Å². The number of anilines is 1. The summed E-state index contributed by atoms with van der Waals surface area (Å²) in [6, 6.07) is 0. The first-order valence-corrected chi connectivity index (χ1v) is 4.34. The van der Waals surface area contributed by atoms with Crippen LogP contribution in [0.1, 0.15) is 23.8 Å². The second-order valence-electron chi connectivity index (χ2n) is 2.69. The molecule has 0 bridgehead atoms. The molecule has 0 saturated heterocycles. The lowest BCUT2D eigenvalue weighted by molar-refractivity contribution is 0.0948. The predicted molar refractivity (Wildman–Crippen MR) is 52.5 cm³/mol. The number of nitrogens with one attached hydrogen (secondary N) is 2. The summed E-state index contributed by atoms with van der Waals surface area (Å²) in [7, 11) is 0. The summed E-state index contributed by atoms with van der Waals surface area (Å²) in [6.45, 7) is 2.62. The molecule has 0 fully saturated rings. The fourth-order valence-corrected chi connectivity index (χ4v) is 0.849. The van der Waals surface area contributed by atoms with Gasteiger partial charge in [0.1, 0.15) is 5.69 Å². The van der Waals surface area contributed by atoms with Crippen molar-refractivity contribution in [3.63, 3.8) is 0 Å². The molecule has 0 aliphatic heterocycles. The predicted octanol–water partition coefficient (Wildman–Crippen LogP) is -0.0980. The van der Waals surface area contributed by atoms with Gasteiger partial charge in [0.2, 0.25) is 0 Å². The summed E-state index contributed by atoms with van der Waals surface area (Å²) in [4.78, 5) is 19.1. The van der Waals surface area contributed by atoms with E-state index in [0.29, 0.717) is 12.4 Å². The fraction of sp³-hybridized carbons (Fsp3) is 0.375. The summed E-state index contributed by atoms with van der Waals surface area (Å²) < 4.78 is 0. The van der Waals surface area contributed by atoms with Crippen LogP contribution in [0.3, 0.4) is 0 Å². The van der Waals surface area contributed by atoms with Gasteiger partial charge in [0.15, 0.2) is 5.82 Å². The molecule has 1 amide bonds. The van der Waals surface area contributed by atoms with Gasteiger partial charge in [0.25, 0.3) is 5.91 Å². The van der Waals surface area contributed by atoms with E-state index in [0.717, 1.165) is 6.42 Å². The Bertz CT molecular complexity index is 297. The highest BCUT2D eigenvalue weighted by Gasteiger charge is 2.05. The molecule has 0 aliphatic rings. The zero-order chi connectivity index (χ0) is 10.4. The van der Waals surface area contributed by atoms with Crippen molar-refractivity contribution in [1.82, 2.24) is 15.3 Å². The normalized spacial score (nSPS) is 9.57. The molecular weight excluding hydrogens is 182 g/mol. The van der Waals surface area contributed by atoms with Crippen LogP contribution in [0.5, 0.6) is 0 Å². The molecule has 6 heteroatoms. The van der Waals surface area contributed by atoms with E-state index in [9.17, 15) is 4.79 Å². The lowest BCUT2D eigenvalue weighted by Gasteiger charge is -2.02. The molecule has 1 aromatic rings. The van der Waals surface area contributed by atoms with Crippen LogP contribution < -0.4 is 16.6 Å². The van der Waals surface area contributed by atoms with Crippen molar-refractivity contribution in [3.8, 4) is 0 Å². The van der Waals surface area contributed by atoms with E-state index in [1.54, 1.807) is 0 Å². The Morgan fingerprint density at radius 3 is 2.79 bits per heavy atom. The molecule has 6 nitrogen and oxygen atoms in total. The Morgan fingerprint density at radius 1 is 1.50 bits per heavy atom. The van der Waals surface area contributed by atoms with Gasteiger partial charge in [0, 0.05) is 6.54 Å². The SMILES string of the molecule is CCCNC(=O)c1cnc(NN)cn1. The van der Waals surface area contributed by atoms with Crippen LogP contribution in [0.25, 0.3) is 0 Å². The summed E-state index contributed by atoms with van der Waals surface area (Å²) in [5.74, 6) is 5.31. The smallest absolute Gasteiger partial charge is 0.271 e. The first kappa shape index (κ1) is 10.4. The van der Waals surface area contributed by atoms with Gasteiger partial charge in [-0.25, -0.2) is 15.8 Å².